The van der Waals surface area contributed by atoms with Crippen molar-refractivity contribution < 1.29 is 13.9 Å². The van der Waals surface area contributed by atoms with Gasteiger partial charge in [0.25, 0.3) is 5.91 Å². The zero-order valence-corrected chi connectivity index (χ0v) is 18.2. The van der Waals surface area contributed by atoms with Crippen LogP contribution in [0.3, 0.4) is 0 Å². The lowest BCUT2D eigenvalue weighted by molar-refractivity contribution is -0.134. The Kier molecular flexibility index (Phi) is 6.61. The fourth-order valence-electron chi connectivity index (χ4n) is 3.92. The maximum Gasteiger partial charge on any atom is 0.257 e. The summed E-state index contributed by atoms with van der Waals surface area (Å²) in [5, 5.41) is 6.18. The highest BCUT2D eigenvalue weighted by atomic mass is 19.1. The molecule has 1 unspecified atom stereocenters. The molecule has 1 amide bonds. The summed E-state index contributed by atoms with van der Waals surface area (Å²) in [4.78, 5) is 15.2. The molecule has 6 heteroatoms. The fourth-order valence-corrected chi connectivity index (χ4v) is 3.92. The third-order valence-electron chi connectivity index (χ3n) is 5.52. The summed E-state index contributed by atoms with van der Waals surface area (Å²) in [6.07, 6.45) is 0.518. The zero-order valence-electron chi connectivity index (χ0n) is 18.2. The van der Waals surface area contributed by atoms with Crippen molar-refractivity contribution in [2.75, 3.05) is 20.7 Å². The number of amides is 1. The monoisotopic (exact) mass is 431 g/mol. The topological polar surface area (TPSA) is 45.1 Å². The van der Waals surface area contributed by atoms with Crippen molar-refractivity contribution >= 4 is 11.6 Å². The Morgan fingerprint density at radius 1 is 1.09 bits per heavy atom. The minimum atomic E-state index is -0.321. The van der Waals surface area contributed by atoms with Gasteiger partial charge in [-0.05, 0) is 42.4 Å². The van der Waals surface area contributed by atoms with Crippen LogP contribution >= 0.6 is 0 Å². The van der Waals surface area contributed by atoms with E-state index in [-0.39, 0.29) is 24.3 Å². The highest BCUT2D eigenvalue weighted by Crippen LogP contribution is 2.33. The van der Waals surface area contributed by atoms with Gasteiger partial charge < -0.3 is 4.74 Å². The van der Waals surface area contributed by atoms with Gasteiger partial charge in [-0.3, -0.25) is 9.69 Å². The Morgan fingerprint density at radius 3 is 2.53 bits per heavy atom. The summed E-state index contributed by atoms with van der Waals surface area (Å²) in [5.74, 6) is 0.327. The third-order valence-corrected chi connectivity index (χ3v) is 5.52. The van der Waals surface area contributed by atoms with Crippen molar-refractivity contribution in [1.82, 2.24) is 9.91 Å². The van der Waals surface area contributed by atoms with Gasteiger partial charge in [0.1, 0.15) is 11.6 Å². The fraction of sp³-hybridized carbons (Fsp3) is 0.231. The van der Waals surface area contributed by atoms with Crippen molar-refractivity contribution in [3.8, 4) is 5.75 Å². The number of benzene rings is 3. The molecule has 0 radical (unpaired) electrons. The van der Waals surface area contributed by atoms with E-state index in [0.717, 1.165) is 16.9 Å². The summed E-state index contributed by atoms with van der Waals surface area (Å²) in [5.41, 5.74) is 3.49. The van der Waals surface area contributed by atoms with Gasteiger partial charge in [-0.1, -0.05) is 54.6 Å². The predicted octanol–water partition coefficient (Wildman–Crippen LogP) is 4.64. The second-order valence-electron chi connectivity index (χ2n) is 7.95. The Balaban J connectivity index is 1.57. The second-order valence-corrected chi connectivity index (χ2v) is 7.95. The molecule has 3 aromatic carbocycles. The summed E-state index contributed by atoms with van der Waals surface area (Å²) in [6, 6.07) is 23.8. The number of hydrogen-bond acceptors (Lipinski definition) is 4. The van der Waals surface area contributed by atoms with Crippen LogP contribution in [0.1, 0.15) is 29.2 Å². The van der Waals surface area contributed by atoms with Gasteiger partial charge in [0.2, 0.25) is 0 Å². The smallest absolute Gasteiger partial charge is 0.257 e. The molecule has 0 spiro atoms. The van der Waals surface area contributed by atoms with Crippen LogP contribution in [0.15, 0.2) is 84.0 Å². The molecule has 1 heterocycles. The number of halogens is 1. The van der Waals surface area contributed by atoms with Gasteiger partial charge >= 0.3 is 0 Å². The van der Waals surface area contributed by atoms with Crippen LogP contribution in [-0.2, 0) is 11.3 Å². The lowest BCUT2D eigenvalue weighted by Gasteiger charge is -2.25. The van der Waals surface area contributed by atoms with Crippen molar-refractivity contribution in [2.24, 2.45) is 5.10 Å². The molecule has 0 bridgehead atoms. The number of hydrogen-bond donors (Lipinski definition) is 0. The molecule has 1 aliphatic heterocycles. The number of rotatable bonds is 7. The molecule has 0 aromatic heterocycles. The third kappa shape index (κ3) is 5.03. The van der Waals surface area contributed by atoms with Crippen molar-refractivity contribution in [2.45, 2.75) is 19.0 Å². The summed E-state index contributed by atoms with van der Waals surface area (Å²) in [7, 11) is 3.54. The maximum atomic E-state index is 13.8. The molecule has 164 valence electrons. The van der Waals surface area contributed by atoms with Gasteiger partial charge in [0.15, 0.2) is 0 Å². The molecular weight excluding hydrogens is 405 g/mol. The van der Waals surface area contributed by atoms with Crippen molar-refractivity contribution in [3.05, 3.63) is 101 Å². The zero-order chi connectivity index (χ0) is 22.5. The van der Waals surface area contributed by atoms with E-state index in [1.807, 2.05) is 72.6 Å². The Labute approximate surface area is 187 Å². The molecule has 0 aliphatic carbocycles. The molecule has 0 saturated carbocycles. The lowest BCUT2D eigenvalue weighted by Crippen LogP contribution is -2.36. The molecule has 0 saturated heterocycles. The van der Waals surface area contributed by atoms with E-state index in [9.17, 15) is 9.18 Å². The van der Waals surface area contributed by atoms with Crippen LogP contribution in [0, 0.1) is 5.82 Å². The number of hydrazone groups is 1. The molecule has 1 atom stereocenters. The number of ether oxygens (including phenoxy) is 1. The average Bonchev–Trinajstić information content (AvgIpc) is 3.25. The van der Waals surface area contributed by atoms with E-state index in [4.69, 9.17) is 4.74 Å². The highest BCUT2D eigenvalue weighted by molar-refractivity contribution is 6.03. The van der Waals surface area contributed by atoms with Crippen LogP contribution in [0.5, 0.6) is 5.75 Å². The summed E-state index contributed by atoms with van der Waals surface area (Å²) >= 11 is 0. The number of methoxy groups -OCH3 is 1. The number of likely N-dealkylation sites (N-methyl/N-ethyl adjacent to an activating group) is 1. The summed E-state index contributed by atoms with van der Waals surface area (Å²) in [6.45, 7) is 0.884. The van der Waals surface area contributed by atoms with Crippen LogP contribution < -0.4 is 4.74 Å². The molecule has 0 N–H and O–H groups in total. The first-order chi connectivity index (χ1) is 15.5. The predicted molar refractivity (Wildman–Crippen MR) is 123 cm³/mol. The number of carbonyl (C=O) groups excluding carboxylic acids is 1. The molecule has 5 nitrogen and oxygen atoms in total. The number of carbonyl (C=O) groups is 1. The van der Waals surface area contributed by atoms with Crippen LogP contribution in [0.25, 0.3) is 0 Å². The minimum absolute atomic E-state index is 0.101. The van der Waals surface area contributed by atoms with Gasteiger partial charge in [0.05, 0.1) is 25.4 Å². The first-order valence-electron chi connectivity index (χ1n) is 10.6. The number of nitrogens with zero attached hydrogens (tertiary/aromatic N) is 3. The van der Waals surface area contributed by atoms with Gasteiger partial charge in [0, 0.05) is 18.5 Å². The van der Waals surface area contributed by atoms with E-state index < -0.39 is 0 Å². The normalized spacial score (nSPS) is 15.7. The first-order valence-corrected chi connectivity index (χ1v) is 10.6. The van der Waals surface area contributed by atoms with E-state index in [1.165, 1.54) is 12.1 Å². The Hall–Kier alpha value is -3.51. The van der Waals surface area contributed by atoms with E-state index in [1.54, 1.807) is 18.2 Å². The molecule has 1 aliphatic rings. The van der Waals surface area contributed by atoms with E-state index in [0.29, 0.717) is 24.2 Å². The van der Waals surface area contributed by atoms with Gasteiger partial charge in [-0.2, -0.15) is 5.10 Å². The molecular formula is C26H26FN3O2. The first kappa shape index (κ1) is 21.7. The minimum Gasteiger partial charge on any atom is -0.497 e. The van der Waals surface area contributed by atoms with Gasteiger partial charge in [-0.15, -0.1) is 0 Å². The Bertz CT molecular complexity index is 1100. The maximum absolute atomic E-state index is 13.8. The average molecular weight is 432 g/mol. The Morgan fingerprint density at radius 2 is 1.84 bits per heavy atom. The van der Waals surface area contributed by atoms with Gasteiger partial charge in [-0.25, -0.2) is 9.40 Å². The highest BCUT2D eigenvalue weighted by Gasteiger charge is 2.33. The quantitative estimate of drug-likeness (QED) is 0.547. The van der Waals surface area contributed by atoms with E-state index >= 15 is 0 Å². The standard InChI is InChI=1S/C26H26FN3O2/c1-29(17-19-7-4-3-5-8-19)18-26(31)30-25(20-11-13-23(32-2)14-12-20)16-24(28-30)21-9-6-10-22(27)15-21/h3-15,25H,16-18H2,1-2H3. The molecule has 4 rings (SSSR count). The van der Waals surface area contributed by atoms with E-state index in [2.05, 4.69) is 5.10 Å². The lowest BCUT2D eigenvalue weighted by atomic mass is 9.98. The van der Waals surface area contributed by atoms with Crippen LogP contribution in [0.2, 0.25) is 0 Å². The van der Waals surface area contributed by atoms with Crippen LogP contribution in [0.4, 0.5) is 4.39 Å². The molecule has 0 fully saturated rings. The SMILES string of the molecule is COc1ccc(C2CC(c3cccc(F)c3)=NN2C(=O)CN(C)Cc2ccccc2)cc1. The largest absolute Gasteiger partial charge is 0.497 e. The molecule has 32 heavy (non-hydrogen) atoms. The molecule has 3 aromatic rings. The van der Waals surface area contributed by atoms with Crippen molar-refractivity contribution in [3.63, 3.8) is 0 Å². The second kappa shape index (κ2) is 9.75. The summed E-state index contributed by atoms with van der Waals surface area (Å²) < 4.78 is 19.1. The van der Waals surface area contributed by atoms with Crippen LogP contribution in [-0.4, -0.2) is 42.2 Å². The van der Waals surface area contributed by atoms with Crippen molar-refractivity contribution in [1.29, 1.82) is 0 Å².